The Morgan fingerprint density at radius 2 is 2.00 bits per heavy atom. The second kappa shape index (κ2) is 6.85. The highest BCUT2D eigenvalue weighted by molar-refractivity contribution is 7.89. The average molecular weight is 314 g/mol. The monoisotopic (exact) mass is 314 g/mol. The van der Waals surface area contributed by atoms with Crippen molar-refractivity contribution < 1.29 is 12.8 Å². The van der Waals surface area contributed by atoms with Gasteiger partial charge in [-0.05, 0) is 49.6 Å². The van der Waals surface area contributed by atoms with Gasteiger partial charge in [-0.3, -0.25) is 0 Å². The molecule has 2 atom stereocenters. The van der Waals surface area contributed by atoms with Gasteiger partial charge in [0.15, 0.2) is 0 Å². The first-order valence-electron chi connectivity index (χ1n) is 7.44. The topological polar surface area (TPSA) is 49.4 Å². The van der Waals surface area contributed by atoms with Gasteiger partial charge in [-0.2, -0.15) is 4.31 Å². The van der Waals surface area contributed by atoms with Gasteiger partial charge in [0.05, 0.1) is 4.90 Å². The molecule has 1 fully saturated rings. The molecule has 21 heavy (non-hydrogen) atoms. The highest BCUT2D eigenvalue weighted by atomic mass is 32.2. The predicted octanol–water partition coefficient (Wildman–Crippen LogP) is 2.22. The average Bonchev–Trinajstić information content (AvgIpc) is 2.46. The third kappa shape index (κ3) is 3.81. The Labute approximate surface area is 126 Å². The van der Waals surface area contributed by atoms with Crippen molar-refractivity contribution in [3.63, 3.8) is 0 Å². The van der Waals surface area contributed by atoms with E-state index < -0.39 is 15.8 Å². The summed E-state index contributed by atoms with van der Waals surface area (Å²) in [6.07, 6.45) is 1.88. The molecule has 1 aromatic rings. The van der Waals surface area contributed by atoms with E-state index in [-0.39, 0.29) is 10.8 Å². The van der Waals surface area contributed by atoms with Crippen LogP contribution in [0, 0.1) is 11.7 Å². The van der Waals surface area contributed by atoms with Crippen LogP contribution in [-0.2, 0) is 10.0 Å². The molecule has 0 spiro atoms. The summed E-state index contributed by atoms with van der Waals surface area (Å²) < 4.78 is 39.5. The van der Waals surface area contributed by atoms with Crippen molar-refractivity contribution in [2.45, 2.75) is 37.6 Å². The first-order chi connectivity index (χ1) is 9.95. The highest BCUT2D eigenvalue weighted by Gasteiger charge is 2.33. The minimum absolute atomic E-state index is 0.163. The van der Waals surface area contributed by atoms with Crippen LogP contribution in [0.15, 0.2) is 29.2 Å². The maximum Gasteiger partial charge on any atom is 0.243 e. The molecule has 1 aliphatic heterocycles. The van der Waals surface area contributed by atoms with Gasteiger partial charge in [-0.1, -0.05) is 13.8 Å². The minimum Gasteiger partial charge on any atom is -0.314 e. The fraction of sp³-hybridized carbons (Fsp3) is 0.600. The summed E-state index contributed by atoms with van der Waals surface area (Å²) in [6, 6.07) is 5.40. The van der Waals surface area contributed by atoms with E-state index >= 15 is 0 Å². The van der Waals surface area contributed by atoms with Crippen molar-refractivity contribution in [2.24, 2.45) is 5.92 Å². The van der Waals surface area contributed by atoms with E-state index in [0.717, 1.165) is 19.4 Å². The third-order valence-corrected chi connectivity index (χ3v) is 5.86. The van der Waals surface area contributed by atoms with Gasteiger partial charge in [0.25, 0.3) is 0 Å². The van der Waals surface area contributed by atoms with Gasteiger partial charge in [0.2, 0.25) is 10.0 Å². The van der Waals surface area contributed by atoms with E-state index in [4.69, 9.17) is 0 Å². The fourth-order valence-corrected chi connectivity index (χ4v) is 4.27. The van der Waals surface area contributed by atoms with E-state index in [2.05, 4.69) is 19.2 Å². The van der Waals surface area contributed by atoms with E-state index in [1.165, 1.54) is 28.6 Å². The minimum atomic E-state index is -3.52. The number of nitrogens with zero attached hydrogens (tertiary/aromatic N) is 1. The molecule has 2 unspecified atom stereocenters. The largest absolute Gasteiger partial charge is 0.314 e. The fourth-order valence-electron chi connectivity index (χ4n) is 2.71. The predicted molar refractivity (Wildman–Crippen MR) is 81.0 cm³/mol. The first kappa shape index (κ1) is 16.4. The summed E-state index contributed by atoms with van der Waals surface area (Å²) in [5.41, 5.74) is 0. The molecule has 1 aliphatic rings. The Morgan fingerprint density at radius 3 is 2.57 bits per heavy atom. The number of rotatable bonds is 5. The summed E-state index contributed by atoms with van der Waals surface area (Å²) in [4.78, 5) is 0.163. The van der Waals surface area contributed by atoms with Crippen molar-refractivity contribution in [1.82, 2.24) is 9.62 Å². The van der Waals surface area contributed by atoms with Crippen LogP contribution in [0.25, 0.3) is 0 Å². The molecule has 118 valence electrons. The molecule has 0 saturated carbocycles. The van der Waals surface area contributed by atoms with E-state index in [1.54, 1.807) is 0 Å². The van der Waals surface area contributed by atoms with Crippen LogP contribution in [0.2, 0.25) is 0 Å². The van der Waals surface area contributed by atoms with Gasteiger partial charge in [0.1, 0.15) is 5.82 Å². The Kier molecular flexibility index (Phi) is 5.35. The molecule has 1 N–H and O–H groups in total. The maximum absolute atomic E-state index is 12.9. The number of hydrogen-bond donors (Lipinski definition) is 1. The maximum atomic E-state index is 12.9. The summed E-state index contributed by atoms with van der Waals surface area (Å²) in [5, 5.41) is 3.47. The zero-order valence-electron chi connectivity index (χ0n) is 12.5. The van der Waals surface area contributed by atoms with Crippen LogP contribution in [0.5, 0.6) is 0 Å². The molecule has 0 aliphatic carbocycles. The number of halogens is 1. The molecule has 4 nitrogen and oxygen atoms in total. The molecule has 0 amide bonds. The van der Waals surface area contributed by atoms with Crippen molar-refractivity contribution in [2.75, 3.05) is 19.6 Å². The Bertz CT molecular complexity index is 560. The SMILES string of the molecule is CCCNC1CCN(S(=O)(=O)c2ccc(F)cc2)CC1C. The normalized spacial score (nSPS) is 24.1. The molecular formula is C15H23FN2O2S. The third-order valence-electron chi connectivity index (χ3n) is 3.98. The molecule has 1 aromatic carbocycles. The van der Waals surface area contributed by atoms with Crippen LogP contribution < -0.4 is 5.32 Å². The lowest BCUT2D eigenvalue weighted by atomic mass is 9.95. The summed E-state index contributed by atoms with van der Waals surface area (Å²) in [7, 11) is -3.52. The van der Waals surface area contributed by atoms with Gasteiger partial charge in [0, 0.05) is 19.1 Å². The zero-order chi connectivity index (χ0) is 15.5. The lowest BCUT2D eigenvalue weighted by molar-refractivity contribution is 0.220. The number of piperidine rings is 1. The molecule has 0 bridgehead atoms. The van der Waals surface area contributed by atoms with Crippen molar-refractivity contribution in [3.05, 3.63) is 30.1 Å². The first-order valence-corrected chi connectivity index (χ1v) is 8.88. The quantitative estimate of drug-likeness (QED) is 0.906. The highest BCUT2D eigenvalue weighted by Crippen LogP contribution is 2.24. The standard InChI is InChI=1S/C15H23FN2O2S/c1-3-9-17-15-8-10-18(11-12(15)2)21(19,20)14-6-4-13(16)5-7-14/h4-7,12,15,17H,3,8-11H2,1-2H3. The summed E-state index contributed by atoms with van der Waals surface area (Å²) >= 11 is 0. The van der Waals surface area contributed by atoms with Crippen LogP contribution >= 0.6 is 0 Å². The second-order valence-electron chi connectivity index (χ2n) is 5.64. The van der Waals surface area contributed by atoms with Crippen LogP contribution in [0.1, 0.15) is 26.7 Å². The molecule has 6 heteroatoms. The number of nitrogens with one attached hydrogen (secondary N) is 1. The van der Waals surface area contributed by atoms with Gasteiger partial charge in [-0.25, -0.2) is 12.8 Å². The lowest BCUT2D eigenvalue weighted by Gasteiger charge is -2.36. The Morgan fingerprint density at radius 1 is 1.33 bits per heavy atom. The van der Waals surface area contributed by atoms with Crippen LogP contribution in [0.3, 0.4) is 0 Å². The van der Waals surface area contributed by atoms with E-state index in [9.17, 15) is 12.8 Å². The lowest BCUT2D eigenvalue weighted by Crippen LogP contribution is -2.50. The number of sulfonamides is 1. The zero-order valence-corrected chi connectivity index (χ0v) is 13.4. The molecule has 1 heterocycles. The second-order valence-corrected chi connectivity index (χ2v) is 7.58. The Hall–Kier alpha value is -0.980. The molecule has 1 saturated heterocycles. The smallest absolute Gasteiger partial charge is 0.243 e. The van der Waals surface area contributed by atoms with E-state index in [0.29, 0.717) is 19.1 Å². The van der Waals surface area contributed by atoms with Crippen molar-refractivity contribution in [1.29, 1.82) is 0 Å². The van der Waals surface area contributed by atoms with Crippen LogP contribution in [-0.4, -0.2) is 38.4 Å². The van der Waals surface area contributed by atoms with E-state index in [1.807, 2.05) is 0 Å². The number of hydrogen-bond acceptors (Lipinski definition) is 3. The van der Waals surface area contributed by atoms with Crippen molar-refractivity contribution >= 4 is 10.0 Å². The van der Waals surface area contributed by atoms with Crippen molar-refractivity contribution in [3.8, 4) is 0 Å². The summed E-state index contributed by atoms with van der Waals surface area (Å²) in [6.45, 7) is 6.15. The molecule has 2 rings (SSSR count). The van der Waals surface area contributed by atoms with Gasteiger partial charge in [-0.15, -0.1) is 0 Å². The summed E-state index contributed by atoms with van der Waals surface area (Å²) in [5.74, 6) is -0.162. The number of benzene rings is 1. The Balaban J connectivity index is 2.07. The molecule has 0 radical (unpaired) electrons. The van der Waals surface area contributed by atoms with Gasteiger partial charge >= 0.3 is 0 Å². The molecular weight excluding hydrogens is 291 g/mol. The molecule has 0 aromatic heterocycles. The van der Waals surface area contributed by atoms with Crippen LogP contribution in [0.4, 0.5) is 4.39 Å². The van der Waals surface area contributed by atoms with Gasteiger partial charge < -0.3 is 5.32 Å².